The van der Waals surface area contributed by atoms with Gasteiger partial charge in [-0.25, -0.2) is 0 Å². The van der Waals surface area contributed by atoms with E-state index in [9.17, 15) is 4.79 Å². The normalized spacial score (nSPS) is 20.7. The number of aldehydes is 1. The first-order valence-corrected chi connectivity index (χ1v) is 9.57. The SMILES string of the molecule is CNCCOc1c(C=O)cc(B2OC(C)(C)C(C)(C)O2)c2c1CCCC2. The van der Waals surface area contributed by atoms with Crippen LogP contribution in [0.5, 0.6) is 5.75 Å². The van der Waals surface area contributed by atoms with Crippen LogP contribution in [-0.2, 0) is 22.2 Å². The van der Waals surface area contributed by atoms with Crippen molar-refractivity contribution in [3.63, 3.8) is 0 Å². The van der Waals surface area contributed by atoms with Crippen molar-refractivity contribution in [1.82, 2.24) is 5.32 Å². The highest BCUT2D eigenvalue weighted by atomic mass is 16.7. The molecule has 26 heavy (non-hydrogen) atoms. The molecular weight excluding hydrogens is 329 g/mol. The molecule has 1 fully saturated rings. The summed E-state index contributed by atoms with van der Waals surface area (Å²) in [6.07, 6.45) is 5.03. The lowest BCUT2D eigenvalue weighted by molar-refractivity contribution is 0.00578. The van der Waals surface area contributed by atoms with Gasteiger partial charge in [0.05, 0.1) is 16.8 Å². The molecule has 5 nitrogen and oxygen atoms in total. The Morgan fingerprint density at radius 3 is 2.35 bits per heavy atom. The Morgan fingerprint density at radius 2 is 1.77 bits per heavy atom. The van der Waals surface area contributed by atoms with Crippen LogP contribution in [0.2, 0.25) is 0 Å². The van der Waals surface area contributed by atoms with Crippen LogP contribution in [0, 0.1) is 0 Å². The summed E-state index contributed by atoms with van der Waals surface area (Å²) in [5.74, 6) is 0.741. The standard InChI is InChI=1S/C20H30BNO4/c1-19(2)20(3,4)26-21(25-19)17-12-14(13-23)18(24-11-10-22-5)16-9-7-6-8-15(16)17/h12-13,22H,6-11H2,1-5H3. The second kappa shape index (κ2) is 7.33. The molecule has 1 heterocycles. The molecule has 0 bridgehead atoms. The number of carbonyl (C=O) groups excluding carboxylic acids is 1. The first-order valence-electron chi connectivity index (χ1n) is 9.57. The quantitative estimate of drug-likeness (QED) is 0.480. The fourth-order valence-corrected chi connectivity index (χ4v) is 3.66. The maximum absolute atomic E-state index is 11.8. The molecule has 0 aromatic heterocycles. The van der Waals surface area contributed by atoms with E-state index in [2.05, 4.69) is 33.0 Å². The Balaban J connectivity index is 2.03. The van der Waals surface area contributed by atoms with Crippen molar-refractivity contribution >= 4 is 18.9 Å². The number of hydrogen-bond donors (Lipinski definition) is 1. The molecule has 1 aromatic rings. The second-order valence-electron chi connectivity index (χ2n) is 8.21. The monoisotopic (exact) mass is 359 g/mol. The molecule has 1 aliphatic carbocycles. The molecule has 0 atom stereocenters. The minimum Gasteiger partial charge on any atom is -0.491 e. The van der Waals surface area contributed by atoms with E-state index in [1.54, 1.807) is 0 Å². The van der Waals surface area contributed by atoms with Crippen LogP contribution in [0.15, 0.2) is 6.07 Å². The highest BCUT2D eigenvalue weighted by Crippen LogP contribution is 2.38. The Hall–Kier alpha value is -1.37. The van der Waals surface area contributed by atoms with E-state index < -0.39 is 18.3 Å². The Kier molecular flexibility index (Phi) is 5.47. The van der Waals surface area contributed by atoms with Crippen LogP contribution in [0.25, 0.3) is 0 Å². The van der Waals surface area contributed by atoms with Crippen molar-refractivity contribution in [1.29, 1.82) is 0 Å². The van der Waals surface area contributed by atoms with Crippen LogP contribution in [0.1, 0.15) is 62.0 Å². The van der Waals surface area contributed by atoms with Crippen LogP contribution >= 0.6 is 0 Å². The number of likely N-dealkylation sites (N-methyl/N-ethyl adjacent to an activating group) is 1. The van der Waals surface area contributed by atoms with Gasteiger partial charge in [0.1, 0.15) is 12.4 Å². The summed E-state index contributed by atoms with van der Waals surface area (Å²) in [7, 11) is 1.44. The molecule has 0 amide bonds. The summed E-state index contributed by atoms with van der Waals surface area (Å²) >= 11 is 0. The average Bonchev–Trinajstić information content (AvgIpc) is 2.82. The fraction of sp³-hybridized carbons (Fsp3) is 0.650. The van der Waals surface area contributed by atoms with Crippen molar-refractivity contribution in [2.45, 2.75) is 64.6 Å². The lowest BCUT2D eigenvalue weighted by Gasteiger charge is -2.32. The molecule has 0 unspecified atom stereocenters. The predicted molar refractivity (Wildman–Crippen MR) is 104 cm³/mol. The number of rotatable bonds is 6. The lowest BCUT2D eigenvalue weighted by atomic mass is 9.70. The molecule has 1 saturated heterocycles. The number of benzene rings is 1. The minimum atomic E-state index is -0.447. The molecule has 0 saturated carbocycles. The van der Waals surface area contributed by atoms with E-state index in [-0.39, 0.29) is 0 Å². The maximum Gasteiger partial charge on any atom is 0.495 e. The van der Waals surface area contributed by atoms with Crippen LogP contribution in [0.3, 0.4) is 0 Å². The first kappa shape index (κ1) is 19.4. The fourth-order valence-electron chi connectivity index (χ4n) is 3.66. The van der Waals surface area contributed by atoms with Crippen molar-refractivity contribution in [2.75, 3.05) is 20.2 Å². The summed E-state index contributed by atoms with van der Waals surface area (Å²) < 4.78 is 18.5. The predicted octanol–water partition coefficient (Wildman–Crippen LogP) is 2.28. The van der Waals surface area contributed by atoms with Gasteiger partial charge in [0.25, 0.3) is 0 Å². The zero-order chi connectivity index (χ0) is 18.9. The third-order valence-corrected chi connectivity index (χ3v) is 5.90. The largest absolute Gasteiger partial charge is 0.495 e. The van der Waals surface area contributed by atoms with Gasteiger partial charge in [0.15, 0.2) is 6.29 Å². The molecule has 0 radical (unpaired) electrons. The number of hydrogen-bond acceptors (Lipinski definition) is 5. The Labute approximate surface area is 156 Å². The summed E-state index contributed by atoms with van der Waals surface area (Å²) in [6.45, 7) is 9.49. The zero-order valence-electron chi connectivity index (χ0n) is 16.6. The molecular formula is C20H30BNO4. The van der Waals surface area contributed by atoms with Gasteiger partial charge < -0.3 is 19.4 Å². The highest BCUT2D eigenvalue weighted by molar-refractivity contribution is 6.62. The Bertz CT molecular complexity index is 671. The van der Waals surface area contributed by atoms with E-state index in [4.69, 9.17) is 14.0 Å². The van der Waals surface area contributed by atoms with Crippen molar-refractivity contribution in [3.05, 3.63) is 22.8 Å². The highest BCUT2D eigenvalue weighted by Gasteiger charge is 2.52. The second-order valence-corrected chi connectivity index (χ2v) is 8.21. The molecule has 0 spiro atoms. The summed E-state index contributed by atoms with van der Waals surface area (Å²) in [5, 5.41) is 3.08. The van der Waals surface area contributed by atoms with E-state index in [1.165, 1.54) is 5.56 Å². The van der Waals surface area contributed by atoms with E-state index in [0.717, 1.165) is 55.3 Å². The smallest absolute Gasteiger partial charge is 0.491 e. The number of carbonyl (C=O) groups is 1. The van der Waals surface area contributed by atoms with Crippen LogP contribution < -0.4 is 15.5 Å². The van der Waals surface area contributed by atoms with Crippen molar-refractivity contribution in [2.24, 2.45) is 0 Å². The van der Waals surface area contributed by atoms with Gasteiger partial charge in [-0.05, 0) is 83.1 Å². The lowest BCUT2D eigenvalue weighted by Crippen LogP contribution is -2.41. The Morgan fingerprint density at radius 1 is 1.15 bits per heavy atom. The average molecular weight is 359 g/mol. The molecule has 142 valence electrons. The van der Waals surface area contributed by atoms with E-state index in [1.807, 2.05) is 13.1 Å². The van der Waals surface area contributed by atoms with Gasteiger partial charge in [0.2, 0.25) is 0 Å². The van der Waals surface area contributed by atoms with Gasteiger partial charge in [-0.2, -0.15) is 0 Å². The van der Waals surface area contributed by atoms with Crippen LogP contribution in [-0.4, -0.2) is 44.8 Å². The van der Waals surface area contributed by atoms with Crippen LogP contribution in [0.4, 0.5) is 0 Å². The summed E-state index contributed by atoms with van der Waals surface area (Å²) in [5.41, 5.74) is 3.17. The summed E-state index contributed by atoms with van der Waals surface area (Å²) in [4.78, 5) is 11.8. The zero-order valence-corrected chi connectivity index (χ0v) is 16.6. The van der Waals surface area contributed by atoms with E-state index >= 15 is 0 Å². The number of fused-ring (bicyclic) bond motifs is 1. The molecule has 2 aliphatic rings. The molecule has 3 rings (SSSR count). The molecule has 1 aromatic carbocycles. The third-order valence-electron chi connectivity index (χ3n) is 5.90. The maximum atomic E-state index is 11.8. The first-order chi connectivity index (χ1) is 12.3. The van der Waals surface area contributed by atoms with E-state index in [0.29, 0.717) is 12.2 Å². The molecule has 1 N–H and O–H groups in total. The van der Waals surface area contributed by atoms with Crippen molar-refractivity contribution in [3.8, 4) is 5.75 Å². The molecule has 1 aliphatic heterocycles. The number of nitrogens with one attached hydrogen (secondary N) is 1. The summed E-state index contributed by atoms with van der Waals surface area (Å²) in [6, 6.07) is 1.91. The van der Waals surface area contributed by atoms with Crippen molar-refractivity contribution < 1.29 is 18.8 Å². The van der Waals surface area contributed by atoms with Gasteiger partial charge in [-0.3, -0.25) is 4.79 Å². The van der Waals surface area contributed by atoms with Gasteiger partial charge in [0, 0.05) is 6.54 Å². The third kappa shape index (κ3) is 3.42. The van der Waals surface area contributed by atoms with Gasteiger partial charge in [-0.1, -0.05) is 0 Å². The van der Waals surface area contributed by atoms with Gasteiger partial charge in [-0.15, -0.1) is 0 Å². The minimum absolute atomic E-state index is 0.400. The number of ether oxygens (including phenoxy) is 1. The topological polar surface area (TPSA) is 56.8 Å². The van der Waals surface area contributed by atoms with Gasteiger partial charge >= 0.3 is 7.12 Å². The molecule has 6 heteroatoms.